The Kier molecular flexibility index (Phi) is 203. The molecule has 0 radical (unpaired) electrons. The Morgan fingerprint density at radius 3 is 1.14 bits per heavy atom. The second-order valence-electron chi connectivity index (χ2n) is 0.316. The average Bonchev–Trinajstić information content (AvgIpc) is 0.918. The molecule has 0 aromatic carbocycles. The molecule has 0 amide bonds. The number of aliphatic hydroxyl groups is 1. The van der Waals surface area contributed by atoms with Crippen molar-refractivity contribution in [2.45, 2.75) is 6.92 Å². The van der Waals surface area contributed by atoms with Gasteiger partial charge in [-0.3, -0.25) is 0 Å². The molecule has 0 aliphatic rings. The van der Waals surface area contributed by atoms with Gasteiger partial charge in [0.15, 0.2) is 0 Å². The third-order valence-corrected chi connectivity index (χ3v) is 0. The topological polar surface area (TPSA) is 20.2 Å². The van der Waals surface area contributed by atoms with E-state index in [0.29, 0.717) is 0 Å². The predicted molar refractivity (Wildman–Crippen MR) is 12.8 cm³/mol. The first-order valence-electron chi connectivity index (χ1n) is 1.02. The first-order valence-corrected chi connectivity index (χ1v) is 1.02. The number of hydrogen-bond acceptors (Lipinski definition) is 1. The van der Waals surface area contributed by atoms with Gasteiger partial charge in [0.1, 0.15) is 0 Å². The quantitative estimate of drug-likeness (QED) is 0.354. The second kappa shape index (κ2) is 40.9. The van der Waals surface area contributed by atoms with Crippen molar-refractivity contribution in [3.05, 3.63) is 0 Å². The van der Waals surface area contributed by atoms with Crippen molar-refractivity contribution in [3.63, 3.8) is 0 Å². The largest absolute Gasteiger partial charge is 1.00 e. The van der Waals surface area contributed by atoms with E-state index < -0.39 is 0 Å². The van der Waals surface area contributed by atoms with Crippen LogP contribution in [0.15, 0.2) is 0 Å². The minimum atomic E-state index is 0. The van der Waals surface area contributed by atoms with Gasteiger partial charge in [-0.25, -0.2) is 0 Å². The average molecular weight is 464 g/mol. The number of aliphatic hydroxyl groups excluding tert-OH is 1. The van der Waals surface area contributed by atoms with Crippen molar-refractivity contribution in [3.8, 4) is 0 Å². The third-order valence-electron chi connectivity index (χ3n) is 0. The summed E-state index contributed by atoms with van der Waals surface area (Å²) in [4.78, 5) is 0. The smallest absolute Gasteiger partial charge is 0.0402 e. The summed E-state index contributed by atoms with van der Waals surface area (Å²) in [6.07, 6.45) is 0. The van der Waals surface area contributed by atoms with Gasteiger partial charge in [0.2, 0.25) is 0 Å². The van der Waals surface area contributed by atoms with Crippen LogP contribution in [0.2, 0.25) is 0 Å². The zero-order valence-electron chi connectivity index (χ0n) is 3.79. The molecule has 0 fully saturated rings. The molecule has 1 nitrogen and oxygen atoms in total. The summed E-state index contributed by atoms with van der Waals surface area (Å²) >= 11 is 0. The Hall–Kier alpha value is 2.27. The van der Waals surface area contributed by atoms with E-state index in [9.17, 15) is 0 Å². The fourth-order valence-electron chi connectivity index (χ4n) is 0. The molecule has 48 valence electrons. The van der Waals surface area contributed by atoms with Gasteiger partial charge in [0, 0.05) is 32.5 Å². The van der Waals surface area contributed by atoms with Gasteiger partial charge < -0.3 is 56.1 Å². The van der Waals surface area contributed by atoms with Crippen LogP contribution < -0.4 is 50.9 Å². The zero-order chi connectivity index (χ0) is 2.71. The molecule has 0 aliphatic carbocycles. The maximum Gasteiger partial charge on any atom is 0.0402 e. The van der Waals surface area contributed by atoms with Crippen LogP contribution in [-0.2, 0) is 25.8 Å². The standard InChI is InChI=1S/C2H6O.3BrH.Hf/c1-2-3;;;;/h3H,2H2,1H3;3*1H;/p-3. The molecule has 1 N–H and O–H groups in total. The zero-order valence-corrected chi connectivity index (χ0v) is 12.1. The van der Waals surface area contributed by atoms with Gasteiger partial charge in [0.05, 0.1) is 0 Å². The molecule has 0 rings (SSSR count). The van der Waals surface area contributed by atoms with Crippen molar-refractivity contribution < 1.29 is 81.9 Å². The van der Waals surface area contributed by atoms with Gasteiger partial charge in [-0.15, -0.1) is 0 Å². The molecule has 0 saturated heterocycles. The van der Waals surface area contributed by atoms with Crippen LogP contribution >= 0.6 is 0 Å². The third kappa shape index (κ3) is 63.1. The van der Waals surface area contributed by atoms with Gasteiger partial charge in [0.25, 0.3) is 0 Å². The number of halogens is 3. The van der Waals surface area contributed by atoms with Crippen LogP contribution in [0.3, 0.4) is 0 Å². The van der Waals surface area contributed by atoms with Gasteiger partial charge in [-0.2, -0.15) is 0 Å². The number of rotatable bonds is 0. The molecule has 0 spiro atoms. The van der Waals surface area contributed by atoms with E-state index in [1.165, 1.54) is 0 Å². The van der Waals surface area contributed by atoms with Crippen LogP contribution in [-0.4, -0.2) is 11.7 Å². The van der Waals surface area contributed by atoms with E-state index in [-0.39, 0.29) is 83.4 Å². The van der Waals surface area contributed by atoms with E-state index in [1.807, 2.05) is 0 Å². The van der Waals surface area contributed by atoms with Crippen LogP contribution in [0, 0.1) is 0 Å². The summed E-state index contributed by atoms with van der Waals surface area (Å²) in [5.41, 5.74) is 0. The molecule has 0 aromatic heterocycles. The van der Waals surface area contributed by atoms with Crippen LogP contribution in [0.1, 0.15) is 6.92 Å². The van der Waals surface area contributed by atoms with E-state index in [2.05, 4.69) is 0 Å². The Morgan fingerprint density at radius 2 is 1.14 bits per heavy atom. The maximum atomic E-state index is 7.57. The molecular formula is C2H6Br3HfO-3. The molecular weight excluding hydrogens is 458 g/mol. The van der Waals surface area contributed by atoms with Crippen molar-refractivity contribution in [1.82, 2.24) is 0 Å². The molecule has 0 heterocycles. The van der Waals surface area contributed by atoms with E-state index in [1.54, 1.807) is 6.92 Å². The summed E-state index contributed by atoms with van der Waals surface area (Å²) < 4.78 is 0. The molecule has 5 heteroatoms. The fraction of sp³-hybridized carbons (Fsp3) is 1.00. The normalized spacial score (nSPS) is 2.57. The molecule has 0 aromatic rings. The van der Waals surface area contributed by atoms with Crippen molar-refractivity contribution in [2.24, 2.45) is 0 Å². The maximum absolute atomic E-state index is 7.57. The van der Waals surface area contributed by atoms with E-state index in [4.69, 9.17) is 5.11 Å². The van der Waals surface area contributed by atoms with Crippen LogP contribution in [0.4, 0.5) is 0 Å². The van der Waals surface area contributed by atoms with Crippen molar-refractivity contribution in [2.75, 3.05) is 6.61 Å². The minimum absolute atomic E-state index is 0. The molecule has 7 heavy (non-hydrogen) atoms. The monoisotopic (exact) mass is 463 g/mol. The van der Waals surface area contributed by atoms with Gasteiger partial charge in [-0.05, 0) is 6.92 Å². The second-order valence-corrected chi connectivity index (χ2v) is 0.316. The minimum Gasteiger partial charge on any atom is -1.00 e. The Labute approximate surface area is 94.3 Å². The van der Waals surface area contributed by atoms with Crippen molar-refractivity contribution >= 4 is 0 Å². The van der Waals surface area contributed by atoms with E-state index >= 15 is 0 Å². The van der Waals surface area contributed by atoms with E-state index in [0.717, 1.165) is 0 Å². The molecule has 0 unspecified atom stereocenters. The summed E-state index contributed by atoms with van der Waals surface area (Å²) in [7, 11) is 0. The molecule has 0 bridgehead atoms. The first kappa shape index (κ1) is 34.8. The Morgan fingerprint density at radius 1 is 1.14 bits per heavy atom. The van der Waals surface area contributed by atoms with Crippen LogP contribution in [0.5, 0.6) is 0 Å². The van der Waals surface area contributed by atoms with Gasteiger partial charge in [-0.1, -0.05) is 0 Å². The molecule has 0 saturated carbocycles. The summed E-state index contributed by atoms with van der Waals surface area (Å²) in [5.74, 6) is 0. The predicted octanol–water partition coefficient (Wildman–Crippen LogP) is -8.99. The first-order chi connectivity index (χ1) is 1.41. The summed E-state index contributed by atoms with van der Waals surface area (Å²) in [5, 5.41) is 7.57. The number of hydrogen-bond donors (Lipinski definition) is 1. The molecule has 0 aliphatic heterocycles. The molecule has 0 atom stereocenters. The fourth-order valence-corrected chi connectivity index (χ4v) is 0. The summed E-state index contributed by atoms with van der Waals surface area (Å²) in [6, 6.07) is 0. The summed E-state index contributed by atoms with van der Waals surface area (Å²) in [6.45, 7) is 1.93. The SMILES string of the molecule is CCO.[Br-].[Br-].[Br-].[Hf]. The van der Waals surface area contributed by atoms with Crippen LogP contribution in [0.25, 0.3) is 0 Å². The Bertz CT molecular complexity index is 12.9. The van der Waals surface area contributed by atoms with Gasteiger partial charge >= 0.3 is 0 Å². The Balaban J connectivity index is -0.00000000333. The van der Waals surface area contributed by atoms with Crippen molar-refractivity contribution in [1.29, 1.82) is 0 Å².